The van der Waals surface area contributed by atoms with E-state index >= 15 is 0 Å². The summed E-state index contributed by atoms with van der Waals surface area (Å²) in [4.78, 5) is 13.7. The number of likely N-dealkylation sites (tertiary alicyclic amines) is 1. The molecule has 1 atom stereocenters. The molecule has 1 aliphatic heterocycles. The molecule has 0 aliphatic carbocycles. The Morgan fingerprint density at radius 3 is 3.00 bits per heavy atom. The van der Waals surface area contributed by atoms with Crippen molar-refractivity contribution in [3.63, 3.8) is 0 Å². The zero-order valence-electron chi connectivity index (χ0n) is 11.3. The molecule has 110 valence electrons. The number of hydrogen-bond donors (Lipinski definition) is 1. The molecule has 0 spiro atoms. The molecule has 1 aromatic rings. The topological polar surface area (TPSA) is 79.6 Å². The lowest BCUT2D eigenvalue weighted by Gasteiger charge is -2.32. The van der Waals surface area contributed by atoms with Crippen LogP contribution in [0.2, 0.25) is 0 Å². The summed E-state index contributed by atoms with van der Waals surface area (Å²) >= 11 is 0. The van der Waals surface area contributed by atoms with Gasteiger partial charge in [0.2, 0.25) is 15.9 Å². The van der Waals surface area contributed by atoms with Gasteiger partial charge in [0.05, 0.1) is 12.5 Å². The van der Waals surface area contributed by atoms with E-state index < -0.39 is 10.0 Å². The zero-order chi connectivity index (χ0) is 14.6. The van der Waals surface area contributed by atoms with Gasteiger partial charge in [0.15, 0.2) is 0 Å². The van der Waals surface area contributed by atoms with E-state index in [0.717, 1.165) is 19.1 Å². The highest BCUT2D eigenvalue weighted by molar-refractivity contribution is 7.88. The minimum Gasteiger partial charge on any atom is -0.465 e. The van der Waals surface area contributed by atoms with Gasteiger partial charge in [-0.2, -0.15) is 0 Å². The quantitative estimate of drug-likeness (QED) is 0.835. The second-order valence-corrected chi connectivity index (χ2v) is 6.64. The first kappa shape index (κ1) is 14.8. The molecule has 2 rings (SSSR count). The number of piperidine rings is 1. The molecule has 2 heterocycles. The monoisotopic (exact) mass is 298 g/mol. The molecule has 0 aromatic carbocycles. The van der Waals surface area contributed by atoms with E-state index in [9.17, 15) is 13.2 Å². The van der Waals surface area contributed by atoms with Crippen molar-refractivity contribution in [1.29, 1.82) is 0 Å². The van der Waals surface area contributed by atoms with Gasteiger partial charge >= 0.3 is 0 Å². The van der Waals surface area contributed by atoms with Crippen LogP contribution in [0.25, 0.3) is 6.08 Å². The van der Waals surface area contributed by atoms with Crippen LogP contribution < -0.4 is 4.72 Å². The fraction of sp³-hybridized carbons (Fsp3) is 0.462. The molecule has 1 N–H and O–H groups in total. The van der Waals surface area contributed by atoms with Crippen LogP contribution in [-0.2, 0) is 14.8 Å². The van der Waals surface area contributed by atoms with Crippen LogP contribution in [0.5, 0.6) is 0 Å². The second-order valence-electron chi connectivity index (χ2n) is 4.86. The average Bonchev–Trinajstić information content (AvgIpc) is 2.87. The van der Waals surface area contributed by atoms with Crippen molar-refractivity contribution in [2.45, 2.75) is 18.9 Å². The van der Waals surface area contributed by atoms with Gasteiger partial charge in [-0.1, -0.05) is 0 Å². The molecular formula is C13H18N2O4S. The van der Waals surface area contributed by atoms with Crippen molar-refractivity contribution in [1.82, 2.24) is 9.62 Å². The number of sulfonamides is 1. The first-order valence-electron chi connectivity index (χ1n) is 6.42. The Labute approximate surface area is 118 Å². The largest absolute Gasteiger partial charge is 0.465 e. The van der Waals surface area contributed by atoms with Gasteiger partial charge in [-0.15, -0.1) is 0 Å². The second kappa shape index (κ2) is 6.23. The Morgan fingerprint density at radius 2 is 2.35 bits per heavy atom. The normalized spacial score (nSPS) is 20.4. The lowest BCUT2D eigenvalue weighted by atomic mass is 10.1. The van der Waals surface area contributed by atoms with Crippen LogP contribution in [0, 0.1) is 0 Å². The van der Waals surface area contributed by atoms with Crippen molar-refractivity contribution in [2.75, 3.05) is 19.3 Å². The summed E-state index contributed by atoms with van der Waals surface area (Å²) in [6, 6.07) is 3.30. The number of furan rings is 1. The highest BCUT2D eigenvalue weighted by Crippen LogP contribution is 2.12. The number of nitrogens with zero attached hydrogens (tertiary/aromatic N) is 1. The van der Waals surface area contributed by atoms with Crippen molar-refractivity contribution in [3.05, 3.63) is 30.2 Å². The Kier molecular flexibility index (Phi) is 4.61. The summed E-state index contributed by atoms with van der Waals surface area (Å²) in [6.45, 7) is 1.04. The van der Waals surface area contributed by atoms with Crippen LogP contribution in [0.4, 0.5) is 0 Å². The van der Waals surface area contributed by atoms with Crippen LogP contribution in [0.15, 0.2) is 28.9 Å². The Hall–Kier alpha value is -1.60. The van der Waals surface area contributed by atoms with E-state index in [0.29, 0.717) is 18.8 Å². The number of carbonyl (C=O) groups excluding carboxylic acids is 1. The van der Waals surface area contributed by atoms with Gasteiger partial charge in [-0.25, -0.2) is 13.1 Å². The summed E-state index contributed by atoms with van der Waals surface area (Å²) in [6.07, 6.45) is 7.26. The van der Waals surface area contributed by atoms with E-state index in [2.05, 4.69) is 4.72 Å². The Balaban J connectivity index is 1.93. The number of carbonyl (C=O) groups is 1. The first-order chi connectivity index (χ1) is 9.44. The predicted octanol–water partition coefficient (Wildman–Crippen LogP) is 0.833. The molecule has 20 heavy (non-hydrogen) atoms. The molecule has 7 heteroatoms. The summed E-state index contributed by atoms with van der Waals surface area (Å²) < 4.78 is 30.1. The van der Waals surface area contributed by atoms with Crippen LogP contribution in [-0.4, -0.2) is 44.6 Å². The van der Waals surface area contributed by atoms with Gasteiger partial charge in [-0.3, -0.25) is 4.79 Å². The molecule has 1 fully saturated rings. The molecular weight excluding hydrogens is 280 g/mol. The Bertz CT molecular complexity index is 578. The standard InChI is InChI=1S/C13H18N2O4S/c1-20(17,18)14-11-4-2-8-15(10-11)13(16)7-6-12-5-3-9-19-12/h3,5-7,9,11,14H,2,4,8,10H2,1H3/b7-6-/t11-/m1/s1. The maximum Gasteiger partial charge on any atom is 0.246 e. The highest BCUT2D eigenvalue weighted by atomic mass is 32.2. The molecule has 0 bridgehead atoms. The van der Waals surface area contributed by atoms with Gasteiger partial charge in [-0.05, 0) is 31.1 Å². The fourth-order valence-corrected chi connectivity index (χ4v) is 3.02. The zero-order valence-corrected chi connectivity index (χ0v) is 12.1. The summed E-state index contributed by atoms with van der Waals surface area (Å²) in [7, 11) is -3.24. The maximum absolute atomic E-state index is 12.0. The van der Waals surface area contributed by atoms with Gasteiger partial charge in [0, 0.05) is 25.2 Å². The number of nitrogens with one attached hydrogen (secondary N) is 1. The summed E-state index contributed by atoms with van der Waals surface area (Å²) in [5.41, 5.74) is 0. The third-order valence-corrected chi connectivity index (χ3v) is 3.81. The molecule has 1 amide bonds. The minimum absolute atomic E-state index is 0.138. The minimum atomic E-state index is -3.24. The SMILES string of the molecule is CS(=O)(=O)N[C@@H]1CCCN(C(=O)/C=C\c2ccco2)C1. The third-order valence-electron chi connectivity index (χ3n) is 3.05. The summed E-state index contributed by atoms with van der Waals surface area (Å²) in [5.74, 6) is 0.475. The number of amides is 1. The molecule has 0 unspecified atom stereocenters. The molecule has 6 nitrogen and oxygen atoms in total. The highest BCUT2D eigenvalue weighted by Gasteiger charge is 2.24. The lowest BCUT2D eigenvalue weighted by molar-refractivity contribution is -0.127. The van der Waals surface area contributed by atoms with Crippen LogP contribution >= 0.6 is 0 Å². The van der Waals surface area contributed by atoms with E-state index in [-0.39, 0.29) is 11.9 Å². The number of rotatable bonds is 4. The Morgan fingerprint density at radius 1 is 1.55 bits per heavy atom. The van der Waals surface area contributed by atoms with Crippen LogP contribution in [0.1, 0.15) is 18.6 Å². The van der Waals surface area contributed by atoms with Crippen molar-refractivity contribution in [2.24, 2.45) is 0 Å². The molecule has 1 aromatic heterocycles. The van der Waals surface area contributed by atoms with E-state index in [1.54, 1.807) is 23.1 Å². The number of hydrogen-bond acceptors (Lipinski definition) is 4. The van der Waals surface area contributed by atoms with E-state index in [1.165, 1.54) is 12.3 Å². The maximum atomic E-state index is 12.0. The van der Waals surface area contributed by atoms with E-state index in [1.807, 2.05) is 0 Å². The van der Waals surface area contributed by atoms with Gasteiger partial charge in [0.25, 0.3) is 0 Å². The fourth-order valence-electron chi connectivity index (χ4n) is 2.22. The third kappa shape index (κ3) is 4.50. The predicted molar refractivity (Wildman–Crippen MR) is 75.3 cm³/mol. The molecule has 1 saturated heterocycles. The molecule has 0 saturated carbocycles. The summed E-state index contributed by atoms with van der Waals surface area (Å²) in [5, 5.41) is 0. The average molecular weight is 298 g/mol. The van der Waals surface area contributed by atoms with Crippen molar-refractivity contribution >= 4 is 22.0 Å². The van der Waals surface area contributed by atoms with E-state index in [4.69, 9.17) is 4.42 Å². The van der Waals surface area contributed by atoms with Gasteiger partial charge in [0.1, 0.15) is 5.76 Å². The molecule has 1 aliphatic rings. The smallest absolute Gasteiger partial charge is 0.246 e. The first-order valence-corrected chi connectivity index (χ1v) is 8.31. The van der Waals surface area contributed by atoms with Crippen molar-refractivity contribution in [3.8, 4) is 0 Å². The van der Waals surface area contributed by atoms with Gasteiger partial charge < -0.3 is 9.32 Å². The van der Waals surface area contributed by atoms with Crippen molar-refractivity contribution < 1.29 is 17.6 Å². The molecule has 0 radical (unpaired) electrons. The van der Waals surface area contributed by atoms with Crippen LogP contribution in [0.3, 0.4) is 0 Å². The lowest BCUT2D eigenvalue weighted by Crippen LogP contribution is -2.48.